The lowest BCUT2D eigenvalue weighted by Gasteiger charge is -2.06. The molecule has 0 aromatic carbocycles. The molecule has 1 rings (SSSR count). The second kappa shape index (κ2) is 5.23. The maximum atomic E-state index is 8.95. The first-order chi connectivity index (χ1) is 6.69. The minimum Gasteiger partial charge on any atom is -0.257 e. The number of hydrogen-bond donors (Lipinski definition) is 0. The number of nitrogens with zero attached hydrogens (tertiary/aromatic N) is 2. The number of rotatable bonds is 3. The summed E-state index contributed by atoms with van der Waals surface area (Å²) in [6, 6.07) is 4.11. The van der Waals surface area contributed by atoms with Crippen molar-refractivity contribution in [1.29, 1.82) is 5.26 Å². The van der Waals surface area contributed by atoms with Gasteiger partial charge < -0.3 is 0 Å². The smallest absolute Gasteiger partial charge is 0.102 e. The molecule has 0 amide bonds. The van der Waals surface area contributed by atoms with Crippen LogP contribution in [0.15, 0.2) is 11.0 Å². The van der Waals surface area contributed by atoms with E-state index in [1.54, 1.807) is 11.8 Å². The van der Waals surface area contributed by atoms with Gasteiger partial charge in [-0.3, -0.25) is 4.98 Å². The zero-order valence-electron chi connectivity index (χ0n) is 8.17. The van der Waals surface area contributed by atoms with Crippen LogP contribution in [0.5, 0.6) is 0 Å². The summed E-state index contributed by atoms with van der Waals surface area (Å²) >= 11 is 7.21. The number of aryl methyl sites for hydroxylation is 2. The van der Waals surface area contributed by atoms with Crippen LogP contribution < -0.4 is 0 Å². The highest BCUT2D eigenvalue weighted by molar-refractivity contribution is 7.99. The Kier molecular flexibility index (Phi) is 4.24. The first kappa shape index (κ1) is 11.4. The number of hydrogen-bond acceptors (Lipinski definition) is 3. The summed E-state index contributed by atoms with van der Waals surface area (Å²) < 4.78 is 0. The van der Waals surface area contributed by atoms with Crippen molar-refractivity contribution in [2.45, 2.75) is 18.7 Å². The van der Waals surface area contributed by atoms with Gasteiger partial charge in [0.25, 0.3) is 0 Å². The van der Waals surface area contributed by atoms with Gasteiger partial charge >= 0.3 is 0 Å². The summed E-state index contributed by atoms with van der Waals surface area (Å²) in [7, 11) is 0. The summed E-state index contributed by atoms with van der Waals surface area (Å²) in [6.07, 6.45) is 0. The monoisotopic (exact) mass is 226 g/mol. The minimum absolute atomic E-state index is 0.593. The van der Waals surface area contributed by atoms with E-state index >= 15 is 0 Å². The highest BCUT2D eigenvalue weighted by Crippen LogP contribution is 2.24. The van der Waals surface area contributed by atoms with Crippen molar-refractivity contribution in [2.75, 3.05) is 11.6 Å². The van der Waals surface area contributed by atoms with Crippen LogP contribution >= 0.6 is 23.4 Å². The highest BCUT2D eigenvalue weighted by atomic mass is 35.5. The van der Waals surface area contributed by atoms with Crippen LogP contribution in [-0.4, -0.2) is 16.6 Å². The Hall–Kier alpha value is -0.720. The minimum atomic E-state index is 0.593. The Bertz CT molecular complexity index is 371. The fourth-order valence-electron chi connectivity index (χ4n) is 1.19. The van der Waals surface area contributed by atoms with Crippen LogP contribution in [0.1, 0.15) is 17.0 Å². The van der Waals surface area contributed by atoms with E-state index in [1.807, 2.05) is 19.9 Å². The van der Waals surface area contributed by atoms with Crippen LogP contribution in [0.2, 0.25) is 0 Å². The first-order valence-electron chi connectivity index (χ1n) is 4.26. The van der Waals surface area contributed by atoms with E-state index in [2.05, 4.69) is 11.1 Å². The van der Waals surface area contributed by atoms with Crippen LogP contribution in [-0.2, 0) is 0 Å². The standard InChI is InChI=1S/C10H11ClN2S/c1-7-5-10(14-4-3-11)9(6-12)8(2)13-7/h5H,3-4H2,1-2H3. The van der Waals surface area contributed by atoms with E-state index in [9.17, 15) is 0 Å². The normalized spacial score (nSPS) is 9.86. The van der Waals surface area contributed by atoms with Crippen molar-refractivity contribution in [1.82, 2.24) is 4.98 Å². The topological polar surface area (TPSA) is 36.7 Å². The number of nitriles is 1. The molecule has 4 heteroatoms. The number of thioether (sulfide) groups is 1. The summed E-state index contributed by atoms with van der Waals surface area (Å²) in [5.41, 5.74) is 2.41. The van der Waals surface area contributed by atoms with Crippen LogP contribution in [0.25, 0.3) is 0 Å². The molecule has 74 valence electrons. The van der Waals surface area contributed by atoms with E-state index in [4.69, 9.17) is 16.9 Å². The van der Waals surface area contributed by atoms with Crippen molar-refractivity contribution in [3.05, 3.63) is 23.0 Å². The van der Waals surface area contributed by atoms with Crippen molar-refractivity contribution in [2.24, 2.45) is 0 Å². The lowest BCUT2D eigenvalue weighted by Crippen LogP contribution is -1.94. The van der Waals surface area contributed by atoms with Gasteiger partial charge in [0.1, 0.15) is 6.07 Å². The molecule has 1 heterocycles. The Labute approximate surface area is 93.3 Å². The Balaban J connectivity index is 3.07. The zero-order valence-corrected chi connectivity index (χ0v) is 9.74. The molecule has 2 nitrogen and oxygen atoms in total. The van der Waals surface area contributed by atoms with E-state index in [-0.39, 0.29) is 0 Å². The molecule has 1 aromatic rings. The third kappa shape index (κ3) is 2.63. The lowest BCUT2D eigenvalue weighted by atomic mass is 10.2. The van der Waals surface area contributed by atoms with E-state index in [0.717, 1.165) is 22.0 Å². The molecule has 0 atom stereocenters. The second-order valence-corrected chi connectivity index (χ2v) is 4.39. The average Bonchev–Trinajstić information content (AvgIpc) is 2.14. The largest absolute Gasteiger partial charge is 0.257 e. The highest BCUT2D eigenvalue weighted by Gasteiger charge is 2.07. The Morgan fingerprint density at radius 1 is 1.57 bits per heavy atom. The molecule has 1 aromatic heterocycles. The predicted molar refractivity (Wildman–Crippen MR) is 59.9 cm³/mol. The summed E-state index contributed by atoms with van der Waals surface area (Å²) in [5.74, 6) is 1.41. The number of halogens is 1. The molecule has 0 aliphatic heterocycles. The molecular weight excluding hydrogens is 216 g/mol. The molecular formula is C10H11ClN2S. The van der Waals surface area contributed by atoms with Crippen LogP contribution in [0.4, 0.5) is 0 Å². The predicted octanol–water partition coefficient (Wildman–Crippen LogP) is 2.90. The summed E-state index contributed by atoms with van der Waals surface area (Å²) in [6.45, 7) is 3.79. The molecule has 0 spiro atoms. The Morgan fingerprint density at radius 3 is 2.86 bits per heavy atom. The SMILES string of the molecule is Cc1cc(SCCCl)c(C#N)c(C)n1. The molecule has 0 aliphatic rings. The summed E-state index contributed by atoms with van der Waals surface area (Å²) in [4.78, 5) is 5.23. The van der Waals surface area contributed by atoms with Crippen molar-refractivity contribution >= 4 is 23.4 Å². The molecule has 0 fully saturated rings. The van der Waals surface area contributed by atoms with Gasteiger partial charge in [-0.15, -0.1) is 23.4 Å². The van der Waals surface area contributed by atoms with Gasteiger partial charge in [0.15, 0.2) is 0 Å². The van der Waals surface area contributed by atoms with Gasteiger partial charge in [0.05, 0.1) is 11.3 Å². The van der Waals surface area contributed by atoms with Gasteiger partial charge in [0.2, 0.25) is 0 Å². The quantitative estimate of drug-likeness (QED) is 0.588. The maximum Gasteiger partial charge on any atom is 0.102 e. The van der Waals surface area contributed by atoms with Gasteiger partial charge in [-0.05, 0) is 19.9 Å². The average molecular weight is 227 g/mol. The number of aromatic nitrogens is 1. The maximum absolute atomic E-state index is 8.95. The van der Waals surface area contributed by atoms with Gasteiger partial charge in [-0.1, -0.05) is 0 Å². The zero-order chi connectivity index (χ0) is 10.6. The fraction of sp³-hybridized carbons (Fsp3) is 0.400. The van der Waals surface area contributed by atoms with Gasteiger partial charge in [-0.25, -0.2) is 0 Å². The van der Waals surface area contributed by atoms with Crippen molar-refractivity contribution in [3.8, 4) is 6.07 Å². The molecule has 0 bridgehead atoms. The van der Waals surface area contributed by atoms with Crippen LogP contribution in [0, 0.1) is 25.2 Å². The number of pyridine rings is 1. The third-order valence-corrected chi connectivity index (χ3v) is 3.19. The third-order valence-electron chi connectivity index (χ3n) is 1.74. The summed E-state index contributed by atoms with van der Waals surface area (Å²) in [5, 5.41) is 8.95. The molecule has 0 unspecified atom stereocenters. The van der Waals surface area contributed by atoms with Crippen molar-refractivity contribution < 1.29 is 0 Å². The second-order valence-electron chi connectivity index (χ2n) is 2.87. The van der Waals surface area contributed by atoms with E-state index in [0.29, 0.717) is 11.4 Å². The van der Waals surface area contributed by atoms with Gasteiger partial charge in [0, 0.05) is 22.2 Å². The van der Waals surface area contributed by atoms with Gasteiger partial charge in [-0.2, -0.15) is 5.26 Å². The molecule has 14 heavy (non-hydrogen) atoms. The van der Waals surface area contributed by atoms with Crippen LogP contribution in [0.3, 0.4) is 0 Å². The lowest BCUT2D eigenvalue weighted by molar-refractivity contribution is 1.07. The molecule has 0 aliphatic carbocycles. The molecule has 0 radical (unpaired) electrons. The van der Waals surface area contributed by atoms with E-state index in [1.165, 1.54) is 0 Å². The Morgan fingerprint density at radius 2 is 2.29 bits per heavy atom. The first-order valence-corrected chi connectivity index (χ1v) is 5.78. The number of alkyl halides is 1. The fourth-order valence-corrected chi connectivity index (χ4v) is 2.31. The van der Waals surface area contributed by atoms with E-state index < -0.39 is 0 Å². The van der Waals surface area contributed by atoms with Crippen molar-refractivity contribution in [3.63, 3.8) is 0 Å². The molecule has 0 saturated carbocycles. The molecule has 0 N–H and O–H groups in total. The molecule has 0 saturated heterocycles.